The van der Waals surface area contributed by atoms with Crippen LogP contribution in [0.25, 0.3) is 0 Å². The summed E-state index contributed by atoms with van der Waals surface area (Å²) in [7, 11) is 0. The quantitative estimate of drug-likeness (QED) is 0.609. The highest BCUT2D eigenvalue weighted by Gasteiger charge is 2.14. The van der Waals surface area contributed by atoms with Gasteiger partial charge in [0.15, 0.2) is 0 Å². The van der Waals surface area contributed by atoms with Gasteiger partial charge in [0, 0.05) is 22.4 Å². The summed E-state index contributed by atoms with van der Waals surface area (Å²) in [6.07, 6.45) is 0. The van der Waals surface area contributed by atoms with Gasteiger partial charge in [-0.1, -0.05) is 23.9 Å². The van der Waals surface area contributed by atoms with Gasteiger partial charge < -0.3 is 9.73 Å². The molecule has 130 valence electrons. The Bertz CT molecular complexity index is 852. The molecule has 0 radical (unpaired) electrons. The molecule has 2 aromatic heterocycles. The van der Waals surface area contributed by atoms with Crippen LogP contribution in [-0.4, -0.2) is 10.9 Å². The van der Waals surface area contributed by atoms with Gasteiger partial charge in [0.05, 0.1) is 6.04 Å². The zero-order valence-corrected chi connectivity index (χ0v) is 16.0. The minimum Gasteiger partial charge on any atom is -0.464 e. The molecular weight excluding hydrogens is 352 g/mol. The molecule has 1 unspecified atom stereocenters. The Hall–Kier alpha value is -2.05. The lowest BCUT2D eigenvalue weighted by atomic mass is 10.1. The number of nitrogens with one attached hydrogen (secondary N) is 1. The van der Waals surface area contributed by atoms with Crippen LogP contribution in [0.4, 0.5) is 0 Å². The topological polar surface area (TPSA) is 55.1 Å². The number of nitrogens with zero attached hydrogens (tertiary/aromatic N) is 1. The molecule has 0 fully saturated rings. The number of furan rings is 1. The molecule has 3 aromatic rings. The maximum atomic E-state index is 12.4. The number of amides is 1. The number of carbonyl (C=O) groups is 1. The van der Waals surface area contributed by atoms with Crippen LogP contribution < -0.4 is 5.32 Å². The van der Waals surface area contributed by atoms with Crippen molar-refractivity contribution >= 4 is 29.0 Å². The number of carbonyl (C=O) groups excluding carboxylic acids is 1. The largest absolute Gasteiger partial charge is 0.464 e. The molecular formula is C19H20N2O2S2. The lowest BCUT2D eigenvalue weighted by Crippen LogP contribution is -2.26. The van der Waals surface area contributed by atoms with Crippen LogP contribution in [0, 0.1) is 13.8 Å². The molecule has 0 spiro atoms. The molecule has 1 atom stereocenters. The lowest BCUT2D eigenvalue weighted by Gasteiger charge is -2.11. The van der Waals surface area contributed by atoms with E-state index in [1.54, 1.807) is 23.1 Å². The number of hydrogen-bond donors (Lipinski definition) is 1. The molecule has 0 aliphatic heterocycles. The minimum atomic E-state index is -0.162. The summed E-state index contributed by atoms with van der Waals surface area (Å²) in [6.45, 7) is 5.80. The zero-order chi connectivity index (χ0) is 17.8. The van der Waals surface area contributed by atoms with Crippen LogP contribution in [0.15, 0.2) is 50.5 Å². The van der Waals surface area contributed by atoms with E-state index in [2.05, 4.69) is 15.7 Å². The first kappa shape index (κ1) is 17.8. The van der Waals surface area contributed by atoms with E-state index in [9.17, 15) is 4.79 Å². The number of benzene rings is 1. The van der Waals surface area contributed by atoms with Crippen molar-refractivity contribution in [3.05, 3.63) is 70.1 Å². The Morgan fingerprint density at radius 3 is 2.60 bits per heavy atom. The first-order valence-corrected chi connectivity index (χ1v) is 9.89. The molecule has 0 bridgehead atoms. The fourth-order valence-electron chi connectivity index (χ4n) is 2.33. The van der Waals surface area contributed by atoms with Crippen molar-refractivity contribution in [2.24, 2.45) is 0 Å². The fourth-order valence-corrected chi connectivity index (χ4v) is 4.14. The SMILES string of the molecule is Cc1csc(SCc2ccc(C(=O)NC(C)c3ccc(C)o3)cc2)n1. The minimum absolute atomic E-state index is 0.101. The van der Waals surface area contributed by atoms with Crippen molar-refractivity contribution in [2.75, 3.05) is 0 Å². The maximum absolute atomic E-state index is 12.4. The predicted octanol–water partition coefficient (Wildman–Crippen LogP) is 5.14. The van der Waals surface area contributed by atoms with Gasteiger partial charge in [-0.15, -0.1) is 11.3 Å². The van der Waals surface area contributed by atoms with E-state index < -0.39 is 0 Å². The normalized spacial score (nSPS) is 12.1. The van der Waals surface area contributed by atoms with Gasteiger partial charge in [0.1, 0.15) is 15.9 Å². The third-order valence-electron chi connectivity index (χ3n) is 3.71. The molecule has 1 amide bonds. The van der Waals surface area contributed by atoms with Crippen LogP contribution in [0.5, 0.6) is 0 Å². The monoisotopic (exact) mass is 372 g/mol. The van der Waals surface area contributed by atoms with Crippen molar-refractivity contribution in [2.45, 2.75) is 36.9 Å². The molecule has 6 heteroatoms. The predicted molar refractivity (Wildman–Crippen MR) is 102 cm³/mol. The summed E-state index contributed by atoms with van der Waals surface area (Å²) in [6, 6.07) is 11.3. The average Bonchev–Trinajstić information content (AvgIpc) is 3.21. The van der Waals surface area contributed by atoms with E-state index in [1.165, 1.54) is 5.56 Å². The highest BCUT2D eigenvalue weighted by Crippen LogP contribution is 2.26. The Kier molecular flexibility index (Phi) is 5.60. The fraction of sp³-hybridized carbons (Fsp3) is 0.263. The summed E-state index contributed by atoms with van der Waals surface area (Å²) >= 11 is 3.38. The number of aryl methyl sites for hydroxylation is 2. The maximum Gasteiger partial charge on any atom is 0.251 e. The molecule has 0 aliphatic carbocycles. The van der Waals surface area contributed by atoms with Gasteiger partial charge in [-0.2, -0.15) is 0 Å². The molecule has 2 heterocycles. The second kappa shape index (κ2) is 7.89. The van der Waals surface area contributed by atoms with E-state index in [0.29, 0.717) is 5.56 Å². The molecule has 0 aliphatic rings. The Morgan fingerprint density at radius 1 is 1.24 bits per heavy atom. The van der Waals surface area contributed by atoms with Gasteiger partial charge in [0.25, 0.3) is 5.91 Å². The van der Waals surface area contributed by atoms with Crippen LogP contribution >= 0.6 is 23.1 Å². The van der Waals surface area contributed by atoms with Gasteiger partial charge in [0.2, 0.25) is 0 Å². The molecule has 1 aromatic carbocycles. The van der Waals surface area contributed by atoms with Gasteiger partial charge in [-0.25, -0.2) is 4.98 Å². The third-order valence-corrected chi connectivity index (χ3v) is 5.92. The molecule has 0 saturated heterocycles. The van der Waals surface area contributed by atoms with Crippen molar-refractivity contribution in [3.8, 4) is 0 Å². The van der Waals surface area contributed by atoms with Crippen molar-refractivity contribution in [1.29, 1.82) is 0 Å². The van der Waals surface area contributed by atoms with Crippen LogP contribution in [-0.2, 0) is 5.75 Å². The number of hydrogen-bond acceptors (Lipinski definition) is 5. The molecule has 1 N–H and O–H groups in total. The van der Waals surface area contributed by atoms with Crippen LogP contribution in [0.3, 0.4) is 0 Å². The summed E-state index contributed by atoms with van der Waals surface area (Å²) in [5, 5.41) is 5.01. The Labute approximate surface area is 155 Å². The third kappa shape index (κ3) is 4.74. The second-order valence-corrected chi connectivity index (χ2v) is 7.96. The standard InChI is InChI=1S/C19H20N2O2S2/c1-12-10-24-19(20-12)25-11-15-5-7-16(8-6-15)18(22)21-14(3)17-9-4-13(2)23-17/h4-10,14H,11H2,1-3H3,(H,21,22). The van der Waals surface area contributed by atoms with E-state index in [-0.39, 0.29) is 11.9 Å². The van der Waals surface area contributed by atoms with Crippen molar-refractivity contribution in [1.82, 2.24) is 10.3 Å². The number of thioether (sulfide) groups is 1. The van der Waals surface area contributed by atoms with E-state index >= 15 is 0 Å². The lowest BCUT2D eigenvalue weighted by molar-refractivity contribution is 0.0935. The summed E-state index contributed by atoms with van der Waals surface area (Å²) in [4.78, 5) is 16.8. The average molecular weight is 373 g/mol. The molecule has 4 nitrogen and oxygen atoms in total. The molecule has 25 heavy (non-hydrogen) atoms. The Balaban J connectivity index is 1.56. The smallest absolute Gasteiger partial charge is 0.251 e. The van der Waals surface area contributed by atoms with Crippen molar-refractivity contribution < 1.29 is 9.21 Å². The van der Waals surface area contributed by atoms with Gasteiger partial charge in [-0.05, 0) is 50.6 Å². The van der Waals surface area contributed by atoms with E-state index in [4.69, 9.17) is 4.42 Å². The molecule has 3 rings (SSSR count). The summed E-state index contributed by atoms with van der Waals surface area (Å²) in [5.41, 5.74) is 2.87. The number of aromatic nitrogens is 1. The van der Waals surface area contributed by atoms with E-state index in [1.807, 2.05) is 57.2 Å². The van der Waals surface area contributed by atoms with Crippen molar-refractivity contribution in [3.63, 3.8) is 0 Å². The first-order chi connectivity index (χ1) is 12.0. The highest BCUT2D eigenvalue weighted by molar-refractivity contribution is 8.00. The van der Waals surface area contributed by atoms with Crippen LogP contribution in [0.2, 0.25) is 0 Å². The molecule has 0 saturated carbocycles. The Morgan fingerprint density at radius 2 is 2.00 bits per heavy atom. The first-order valence-electron chi connectivity index (χ1n) is 8.02. The van der Waals surface area contributed by atoms with Gasteiger partial charge in [-0.3, -0.25) is 4.79 Å². The zero-order valence-electron chi connectivity index (χ0n) is 14.4. The van der Waals surface area contributed by atoms with Gasteiger partial charge >= 0.3 is 0 Å². The second-order valence-electron chi connectivity index (χ2n) is 5.88. The highest BCUT2D eigenvalue weighted by atomic mass is 32.2. The van der Waals surface area contributed by atoms with Crippen LogP contribution in [0.1, 0.15) is 46.1 Å². The number of rotatable bonds is 6. The number of thiazole rings is 1. The summed E-state index contributed by atoms with van der Waals surface area (Å²) in [5.74, 6) is 2.35. The summed E-state index contributed by atoms with van der Waals surface area (Å²) < 4.78 is 6.63. The van der Waals surface area contributed by atoms with E-state index in [0.717, 1.165) is 27.3 Å².